The quantitative estimate of drug-likeness (QED) is 0.578. The number of carbonyl (C=O) groups is 2. The molecule has 0 bridgehead atoms. The molecule has 6 heteroatoms. The molecule has 0 saturated heterocycles. The van der Waals surface area contributed by atoms with Crippen LogP contribution in [0.15, 0.2) is 65.6 Å². The van der Waals surface area contributed by atoms with Crippen LogP contribution in [0.3, 0.4) is 0 Å². The highest BCUT2D eigenvalue weighted by Crippen LogP contribution is 2.28. The lowest BCUT2D eigenvalue weighted by Crippen LogP contribution is -2.25. The van der Waals surface area contributed by atoms with Gasteiger partial charge in [0.25, 0.3) is 11.8 Å². The number of carbonyl (C=O) groups excluding carboxylic acids is 2. The average molecular weight is 378 g/mol. The fourth-order valence-electron chi connectivity index (χ4n) is 2.86. The predicted molar refractivity (Wildman–Crippen MR) is 108 cm³/mol. The van der Waals surface area contributed by atoms with E-state index in [0.29, 0.717) is 35.5 Å². The Bertz CT molecular complexity index is 1010. The molecular formula is C22H22N2O4. The van der Waals surface area contributed by atoms with E-state index < -0.39 is 5.91 Å². The van der Waals surface area contributed by atoms with Crippen LogP contribution < -0.4 is 10.6 Å². The molecule has 0 aliphatic heterocycles. The molecule has 0 fully saturated rings. The molecule has 6 nitrogen and oxygen atoms in total. The van der Waals surface area contributed by atoms with E-state index in [4.69, 9.17) is 9.15 Å². The first-order valence-electron chi connectivity index (χ1n) is 9.03. The van der Waals surface area contributed by atoms with Gasteiger partial charge in [0.15, 0.2) is 5.76 Å². The van der Waals surface area contributed by atoms with Crippen LogP contribution in [0, 0.1) is 0 Å². The van der Waals surface area contributed by atoms with Crippen molar-refractivity contribution in [3.8, 4) is 0 Å². The standard InChI is InChI=1S/C22H22N2O4/c1-3-13-23-21(25)16-10-5-7-11-18(16)24-22(26)20-17(14-27-4-2)15-9-6-8-12-19(15)28-20/h3,5-12H,1,4,13-14H2,2H3,(H,23,25)(H,24,26). The molecule has 0 atom stereocenters. The summed E-state index contributed by atoms with van der Waals surface area (Å²) in [5.74, 6) is -0.555. The molecule has 2 aromatic carbocycles. The zero-order valence-corrected chi connectivity index (χ0v) is 15.7. The fourth-order valence-corrected chi connectivity index (χ4v) is 2.86. The molecule has 1 aromatic heterocycles. The lowest BCUT2D eigenvalue weighted by atomic mass is 10.1. The van der Waals surface area contributed by atoms with Crippen LogP contribution in [0.2, 0.25) is 0 Å². The van der Waals surface area contributed by atoms with Crippen molar-refractivity contribution in [2.75, 3.05) is 18.5 Å². The number of fused-ring (bicyclic) bond motifs is 1. The minimum Gasteiger partial charge on any atom is -0.451 e. The van der Waals surface area contributed by atoms with Crippen LogP contribution >= 0.6 is 0 Å². The van der Waals surface area contributed by atoms with Gasteiger partial charge in [-0.05, 0) is 25.1 Å². The summed E-state index contributed by atoms with van der Waals surface area (Å²) in [6, 6.07) is 14.2. The molecule has 144 valence electrons. The summed E-state index contributed by atoms with van der Waals surface area (Å²) in [6.45, 7) is 6.59. The van der Waals surface area contributed by atoms with E-state index in [-0.39, 0.29) is 18.3 Å². The first kappa shape index (κ1) is 19.4. The van der Waals surface area contributed by atoms with Gasteiger partial charge in [-0.25, -0.2) is 0 Å². The van der Waals surface area contributed by atoms with Gasteiger partial charge in [0.05, 0.1) is 17.9 Å². The number of ether oxygens (including phenoxy) is 1. The highest BCUT2D eigenvalue weighted by atomic mass is 16.5. The van der Waals surface area contributed by atoms with Crippen molar-refractivity contribution in [2.24, 2.45) is 0 Å². The lowest BCUT2D eigenvalue weighted by molar-refractivity contribution is 0.0959. The van der Waals surface area contributed by atoms with Gasteiger partial charge in [0.1, 0.15) is 5.58 Å². The third-order valence-electron chi connectivity index (χ3n) is 4.18. The van der Waals surface area contributed by atoms with E-state index in [0.717, 1.165) is 5.39 Å². The van der Waals surface area contributed by atoms with Gasteiger partial charge in [0, 0.05) is 24.1 Å². The maximum absolute atomic E-state index is 12.9. The molecule has 0 aliphatic carbocycles. The molecule has 0 aliphatic rings. The van der Waals surface area contributed by atoms with Crippen LogP contribution in [0.4, 0.5) is 5.69 Å². The molecule has 0 saturated carbocycles. The van der Waals surface area contributed by atoms with E-state index in [2.05, 4.69) is 17.2 Å². The number of hydrogen-bond donors (Lipinski definition) is 2. The number of nitrogens with one attached hydrogen (secondary N) is 2. The molecule has 3 aromatic rings. The zero-order chi connectivity index (χ0) is 19.9. The molecule has 2 amide bonds. The summed E-state index contributed by atoms with van der Waals surface area (Å²) in [6.07, 6.45) is 1.59. The van der Waals surface area contributed by atoms with Crippen molar-refractivity contribution >= 4 is 28.5 Å². The average Bonchev–Trinajstić information content (AvgIpc) is 3.09. The minimum absolute atomic E-state index is 0.177. The number of amides is 2. The Morgan fingerprint density at radius 1 is 1.11 bits per heavy atom. The van der Waals surface area contributed by atoms with Gasteiger partial charge >= 0.3 is 0 Å². The maximum atomic E-state index is 12.9. The smallest absolute Gasteiger partial charge is 0.291 e. The Morgan fingerprint density at radius 2 is 1.86 bits per heavy atom. The van der Waals surface area contributed by atoms with Gasteiger partial charge in [-0.1, -0.05) is 36.4 Å². The number of rotatable bonds is 8. The molecule has 1 heterocycles. The van der Waals surface area contributed by atoms with Crippen molar-refractivity contribution in [3.63, 3.8) is 0 Å². The number of para-hydroxylation sites is 2. The summed E-state index contributed by atoms with van der Waals surface area (Å²) >= 11 is 0. The summed E-state index contributed by atoms with van der Waals surface area (Å²) in [5.41, 5.74) is 2.06. The molecule has 0 spiro atoms. The fraction of sp³-hybridized carbons (Fsp3) is 0.182. The van der Waals surface area contributed by atoms with E-state index in [1.54, 1.807) is 36.4 Å². The minimum atomic E-state index is -0.435. The van der Waals surface area contributed by atoms with E-state index >= 15 is 0 Å². The highest BCUT2D eigenvalue weighted by molar-refractivity contribution is 6.10. The first-order chi connectivity index (χ1) is 13.7. The van der Waals surface area contributed by atoms with Crippen LogP contribution in [0.5, 0.6) is 0 Å². The second-order valence-corrected chi connectivity index (χ2v) is 6.04. The van der Waals surface area contributed by atoms with Gasteiger partial charge in [-0.3, -0.25) is 9.59 Å². The Hall–Kier alpha value is -3.38. The predicted octanol–water partition coefficient (Wildman–Crippen LogP) is 4.14. The summed E-state index contributed by atoms with van der Waals surface area (Å²) in [7, 11) is 0. The van der Waals surface area contributed by atoms with Crippen molar-refractivity contribution in [3.05, 3.63) is 78.1 Å². The molecular weight excluding hydrogens is 356 g/mol. The van der Waals surface area contributed by atoms with Crippen LogP contribution in [-0.4, -0.2) is 25.0 Å². The Kier molecular flexibility index (Phi) is 6.24. The Balaban J connectivity index is 1.92. The number of furan rings is 1. The third-order valence-corrected chi connectivity index (χ3v) is 4.18. The van der Waals surface area contributed by atoms with Crippen LogP contribution in [0.25, 0.3) is 11.0 Å². The SMILES string of the molecule is C=CCNC(=O)c1ccccc1NC(=O)c1oc2ccccc2c1COCC. The van der Waals surface area contributed by atoms with Crippen molar-refractivity contribution in [1.29, 1.82) is 0 Å². The third kappa shape index (κ3) is 4.13. The van der Waals surface area contributed by atoms with E-state index in [9.17, 15) is 9.59 Å². The topological polar surface area (TPSA) is 80.6 Å². The lowest BCUT2D eigenvalue weighted by Gasteiger charge is -2.10. The summed E-state index contributed by atoms with van der Waals surface area (Å²) < 4.78 is 11.3. The number of anilines is 1. The number of hydrogen-bond acceptors (Lipinski definition) is 4. The summed E-state index contributed by atoms with van der Waals surface area (Å²) in [5, 5.41) is 6.33. The van der Waals surface area contributed by atoms with E-state index in [1.165, 1.54) is 0 Å². The zero-order valence-electron chi connectivity index (χ0n) is 15.7. The second-order valence-electron chi connectivity index (χ2n) is 6.04. The normalized spacial score (nSPS) is 10.6. The second kappa shape index (κ2) is 9.01. The molecule has 0 unspecified atom stereocenters. The molecule has 28 heavy (non-hydrogen) atoms. The monoisotopic (exact) mass is 378 g/mol. The summed E-state index contributed by atoms with van der Waals surface area (Å²) in [4.78, 5) is 25.3. The van der Waals surface area contributed by atoms with Crippen LogP contribution in [-0.2, 0) is 11.3 Å². The molecule has 2 N–H and O–H groups in total. The van der Waals surface area contributed by atoms with Gasteiger partial charge in [-0.15, -0.1) is 6.58 Å². The Labute approximate surface area is 163 Å². The van der Waals surface area contributed by atoms with Crippen molar-refractivity contribution < 1.29 is 18.7 Å². The maximum Gasteiger partial charge on any atom is 0.291 e. The van der Waals surface area contributed by atoms with Gasteiger partial charge in [0.2, 0.25) is 0 Å². The van der Waals surface area contributed by atoms with Crippen molar-refractivity contribution in [2.45, 2.75) is 13.5 Å². The molecule has 0 radical (unpaired) electrons. The Morgan fingerprint density at radius 3 is 2.64 bits per heavy atom. The van der Waals surface area contributed by atoms with Gasteiger partial charge in [-0.2, -0.15) is 0 Å². The van der Waals surface area contributed by atoms with Gasteiger partial charge < -0.3 is 19.8 Å². The highest BCUT2D eigenvalue weighted by Gasteiger charge is 2.22. The first-order valence-corrected chi connectivity index (χ1v) is 9.03. The van der Waals surface area contributed by atoms with E-state index in [1.807, 2.05) is 25.1 Å². The largest absolute Gasteiger partial charge is 0.451 e. The van der Waals surface area contributed by atoms with Crippen molar-refractivity contribution in [1.82, 2.24) is 5.32 Å². The van der Waals surface area contributed by atoms with Crippen LogP contribution in [0.1, 0.15) is 33.4 Å². The molecule has 3 rings (SSSR count). The number of benzene rings is 2.